The van der Waals surface area contributed by atoms with E-state index in [1.54, 1.807) is 0 Å². The first-order valence-corrected chi connectivity index (χ1v) is 26.7. The third kappa shape index (κ3) is 47.5. The van der Waals surface area contributed by atoms with Crippen LogP contribution in [-0.2, 0) is 28.6 Å². The van der Waals surface area contributed by atoms with Gasteiger partial charge in [0, 0.05) is 19.3 Å². The average Bonchev–Trinajstić information content (AvgIpc) is 3.22. The maximum Gasteiger partial charge on any atom is 0.306 e. The largest absolute Gasteiger partial charge is 0.462 e. The molecule has 0 aliphatic rings. The maximum absolute atomic E-state index is 12.8. The van der Waals surface area contributed by atoms with E-state index in [0.29, 0.717) is 19.3 Å². The lowest BCUT2D eigenvalue weighted by Gasteiger charge is -2.18. The summed E-state index contributed by atoms with van der Waals surface area (Å²) in [5.74, 6) is 0.762. The molecule has 6 heteroatoms. The number of hydrogen-bond donors (Lipinski definition) is 0. The number of rotatable bonds is 48. The molecule has 0 aromatic carbocycles. The van der Waals surface area contributed by atoms with E-state index in [1.807, 2.05) is 0 Å². The van der Waals surface area contributed by atoms with E-state index in [-0.39, 0.29) is 31.1 Å². The van der Waals surface area contributed by atoms with Crippen LogP contribution in [0.2, 0.25) is 0 Å². The van der Waals surface area contributed by atoms with Crippen LogP contribution in [0.15, 0.2) is 0 Å². The third-order valence-corrected chi connectivity index (χ3v) is 12.2. The Labute approximate surface area is 374 Å². The molecule has 0 saturated carbocycles. The Morgan fingerprint density at radius 3 is 0.817 bits per heavy atom. The first-order chi connectivity index (χ1) is 29.2. The molecule has 0 aliphatic heterocycles. The number of esters is 3. The lowest BCUT2D eigenvalue weighted by atomic mass is 10.0. The van der Waals surface area contributed by atoms with Gasteiger partial charge in [-0.15, -0.1) is 0 Å². The zero-order valence-electron chi connectivity index (χ0n) is 41.1. The first-order valence-electron chi connectivity index (χ1n) is 26.7. The van der Waals surface area contributed by atoms with Gasteiger partial charge in [0.15, 0.2) is 6.10 Å². The average molecular weight is 849 g/mol. The van der Waals surface area contributed by atoms with Crippen molar-refractivity contribution in [2.75, 3.05) is 13.2 Å². The Balaban J connectivity index is 4.24. The molecule has 60 heavy (non-hydrogen) atoms. The molecule has 0 aromatic heterocycles. The van der Waals surface area contributed by atoms with E-state index < -0.39 is 6.10 Å². The van der Waals surface area contributed by atoms with E-state index in [2.05, 4.69) is 34.6 Å². The fourth-order valence-corrected chi connectivity index (χ4v) is 8.17. The van der Waals surface area contributed by atoms with Crippen LogP contribution in [0.25, 0.3) is 0 Å². The summed E-state index contributed by atoms with van der Waals surface area (Å²) in [5, 5.41) is 0. The number of hydrogen-bond acceptors (Lipinski definition) is 6. The van der Waals surface area contributed by atoms with Gasteiger partial charge in [-0.2, -0.15) is 0 Å². The summed E-state index contributed by atoms with van der Waals surface area (Å²) in [4.78, 5) is 37.9. The van der Waals surface area contributed by atoms with Crippen LogP contribution in [-0.4, -0.2) is 37.2 Å². The van der Waals surface area contributed by atoms with Gasteiger partial charge in [0.2, 0.25) is 0 Å². The summed E-state index contributed by atoms with van der Waals surface area (Å²) in [6, 6.07) is 0. The molecular weight excluding hydrogens is 745 g/mol. The van der Waals surface area contributed by atoms with Crippen LogP contribution in [0.3, 0.4) is 0 Å². The second kappa shape index (κ2) is 46.9. The van der Waals surface area contributed by atoms with Gasteiger partial charge in [0.05, 0.1) is 0 Å². The SMILES string of the molecule is CCCCCCCCCCCCCCCCCC(=O)O[C@H](COC(=O)CCCCCCCCCCCCCCCCCC(C)C)COC(=O)CCCCCCCCC(C)C. The summed E-state index contributed by atoms with van der Waals surface area (Å²) in [6.45, 7) is 11.3. The van der Waals surface area contributed by atoms with Crippen molar-refractivity contribution in [3.05, 3.63) is 0 Å². The minimum atomic E-state index is -0.762. The zero-order valence-corrected chi connectivity index (χ0v) is 41.1. The van der Waals surface area contributed by atoms with Crippen LogP contribution in [0.1, 0.15) is 298 Å². The van der Waals surface area contributed by atoms with Gasteiger partial charge in [-0.25, -0.2) is 0 Å². The summed E-state index contributed by atoms with van der Waals surface area (Å²) in [6.07, 6.45) is 48.2. The molecule has 6 nitrogen and oxygen atoms in total. The molecule has 0 unspecified atom stereocenters. The van der Waals surface area contributed by atoms with E-state index in [9.17, 15) is 14.4 Å². The van der Waals surface area contributed by atoms with Crippen molar-refractivity contribution in [1.29, 1.82) is 0 Å². The molecule has 0 spiro atoms. The second-order valence-corrected chi connectivity index (χ2v) is 19.5. The number of carbonyl (C=O) groups is 3. The summed E-state index contributed by atoms with van der Waals surface area (Å²) >= 11 is 0. The van der Waals surface area contributed by atoms with Crippen molar-refractivity contribution in [3.8, 4) is 0 Å². The summed E-state index contributed by atoms with van der Waals surface area (Å²) in [5.41, 5.74) is 0. The van der Waals surface area contributed by atoms with Gasteiger partial charge in [0.1, 0.15) is 13.2 Å². The van der Waals surface area contributed by atoms with Gasteiger partial charge in [-0.3, -0.25) is 14.4 Å². The second-order valence-electron chi connectivity index (χ2n) is 19.5. The Kier molecular flexibility index (Phi) is 45.7. The number of carbonyl (C=O) groups excluding carboxylic acids is 3. The summed E-state index contributed by atoms with van der Waals surface area (Å²) in [7, 11) is 0. The summed E-state index contributed by atoms with van der Waals surface area (Å²) < 4.78 is 16.8. The van der Waals surface area contributed by atoms with Gasteiger partial charge in [-0.1, -0.05) is 259 Å². The molecule has 0 bridgehead atoms. The highest BCUT2D eigenvalue weighted by Crippen LogP contribution is 2.18. The van der Waals surface area contributed by atoms with E-state index in [0.717, 1.165) is 69.6 Å². The van der Waals surface area contributed by atoms with Crippen molar-refractivity contribution in [2.24, 2.45) is 11.8 Å². The van der Waals surface area contributed by atoms with E-state index in [1.165, 1.54) is 186 Å². The molecule has 1 atom stereocenters. The normalized spacial score (nSPS) is 12.1. The van der Waals surface area contributed by atoms with Gasteiger partial charge in [0.25, 0.3) is 0 Å². The van der Waals surface area contributed by atoms with Crippen LogP contribution in [0.4, 0.5) is 0 Å². The fraction of sp³-hybridized carbons (Fsp3) is 0.944. The van der Waals surface area contributed by atoms with Crippen molar-refractivity contribution >= 4 is 17.9 Å². The number of ether oxygens (including phenoxy) is 3. The molecule has 0 saturated heterocycles. The van der Waals surface area contributed by atoms with E-state index in [4.69, 9.17) is 14.2 Å². The van der Waals surface area contributed by atoms with Gasteiger partial charge < -0.3 is 14.2 Å². The predicted molar refractivity (Wildman–Crippen MR) is 256 cm³/mol. The molecule has 0 rings (SSSR count). The molecule has 0 aromatic rings. The van der Waals surface area contributed by atoms with Crippen LogP contribution in [0, 0.1) is 11.8 Å². The van der Waals surface area contributed by atoms with Crippen LogP contribution in [0.5, 0.6) is 0 Å². The quantitative estimate of drug-likeness (QED) is 0.0345. The Morgan fingerprint density at radius 1 is 0.317 bits per heavy atom. The molecular formula is C54H104O6. The fourth-order valence-electron chi connectivity index (χ4n) is 8.17. The van der Waals surface area contributed by atoms with Crippen LogP contribution < -0.4 is 0 Å². The predicted octanol–water partition coefficient (Wildman–Crippen LogP) is 17.3. The van der Waals surface area contributed by atoms with Gasteiger partial charge in [-0.05, 0) is 31.1 Å². The molecule has 0 heterocycles. The zero-order chi connectivity index (χ0) is 44.0. The van der Waals surface area contributed by atoms with E-state index >= 15 is 0 Å². The van der Waals surface area contributed by atoms with Crippen molar-refractivity contribution in [1.82, 2.24) is 0 Å². The standard InChI is InChI=1S/C54H104O6/c1-6-7-8-9-10-11-12-13-15-20-23-26-29-36-41-46-54(57)60-51(48-59-53(56)45-40-35-31-30-33-38-43-50(4)5)47-58-52(55)44-39-34-28-25-22-19-17-14-16-18-21-24-27-32-37-42-49(2)3/h49-51H,6-48H2,1-5H3/t51-/m1/s1. The lowest BCUT2D eigenvalue weighted by molar-refractivity contribution is -0.167. The molecule has 0 N–H and O–H groups in total. The van der Waals surface area contributed by atoms with Crippen molar-refractivity contribution in [3.63, 3.8) is 0 Å². The maximum atomic E-state index is 12.8. The smallest absolute Gasteiger partial charge is 0.306 e. The Morgan fingerprint density at radius 2 is 0.550 bits per heavy atom. The van der Waals surface area contributed by atoms with Gasteiger partial charge >= 0.3 is 17.9 Å². The third-order valence-electron chi connectivity index (χ3n) is 12.2. The molecule has 356 valence electrons. The number of unbranched alkanes of at least 4 members (excludes halogenated alkanes) is 33. The highest BCUT2D eigenvalue weighted by molar-refractivity contribution is 5.71. The minimum absolute atomic E-state index is 0.0641. The Hall–Kier alpha value is -1.59. The topological polar surface area (TPSA) is 78.9 Å². The molecule has 0 aliphatic carbocycles. The van der Waals surface area contributed by atoms with Crippen LogP contribution >= 0.6 is 0 Å². The highest BCUT2D eigenvalue weighted by atomic mass is 16.6. The monoisotopic (exact) mass is 849 g/mol. The van der Waals surface area contributed by atoms with Crippen molar-refractivity contribution in [2.45, 2.75) is 304 Å². The molecule has 0 amide bonds. The lowest BCUT2D eigenvalue weighted by Crippen LogP contribution is -2.30. The highest BCUT2D eigenvalue weighted by Gasteiger charge is 2.19. The molecule has 0 fully saturated rings. The Bertz CT molecular complexity index is 916. The first kappa shape index (κ1) is 58.4. The molecule has 0 radical (unpaired) electrons. The minimum Gasteiger partial charge on any atom is -0.462 e. The van der Waals surface area contributed by atoms with Crippen molar-refractivity contribution < 1.29 is 28.6 Å².